The number of aromatic nitrogens is 2. The van der Waals surface area contributed by atoms with Crippen LogP contribution in [0, 0.1) is 0 Å². The van der Waals surface area contributed by atoms with Crippen LogP contribution >= 0.6 is 11.6 Å². The van der Waals surface area contributed by atoms with E-state index >= 15 is 0 Å². The summed E-state index contributed by atoms with van der Waals surface area (Å²) in [6.07, 6.45) is 4.10. The lowest BCUT2D eigenvalue weighted by molar-refractivity contribution is -0.139. The van der Waals surface area contributed by atoms with E-state index in [4.69, 9.17) is 16.7 Å². The van der Waals surface area contributed by atoms with Crippen LogP contribution in [0.1, 0.15) is 19.3 Å². The van der Waals surface area contributed by atoms with Gasteiger partial charge in [-0.3, -0.25) is 0 Å². The highest BCUT2D eigenvalue weighted by atomic mass is 35.5. The van der Waals surface area contributed by atoms with Gasteiger partial charge in [-0.25, -0.2) is 14.8 Å². The van der Waals surface area contributed by atoms with Gasteiger partial charge < -0.3 is 10.0 Å². The molecule has 86 valence electrons. The number of carboxylic acids is 1. The Labute approximate surface area is 98.1 Å². The molecule has 0 aromatic carbocycles. The highest BCUT2D eigenvalue weighted by Gasteiger charge is 2.29. The summed E-state index contributed by atoms with van der Waals surface area (Å²) >= 11 is 5.70. The van der Waals surface area contributed by atoms with Crippen molar-refractivity contribution in [3.05, 3.63) is 17.5 Å². The molecule has 16 heavy (non-hydrogen) atoms. The molecule has 0 bridgehead atoms. The topological polar surface area (TPSA) is 66.3 Å². The summed E-state index contributed by atoms with van der Waals surface area (Å²) in [7, 11) is 0. The zero-order valence-corrected chi connectivity index (χ0v) is 9.39. The van der Waals surface area contributed by atoms with Gasteiger partial charge in [0, 0.05) is 12.7 Å². The van der Waals surface area contributed by atoms with Gasteiger partial charge in [0.2, 0.25) is 5.28 Å². The number of rotatable bonds is 2. The molecule has 0 radical (unpaired) electrons. The van der Waals surface area contributed by atoms with Crippen LogP contribution in [0.25, 0.3) is 0 Å². The number of carbonyl (C=O) groups is 1. The number of halogens is 1. The van der Waals surface area contributed by atoms with E-state index in [1.54, 1.807) is 11.0 Å². The van der Waals surface area contributed by atoms with E-state index in [1.807, 2.05) is 0 Å². The molecule has 0 aliphatic carbocycles. The number of hydrogen-bond acceptors (Lipinski definition) is 4. The molecule has 0 spiro atoms. The lowest BCUT2D eigenvalue weighted by atomic mass is 10.0. The van der Waals surface area contributed by atoms with Crippen LogP contribution in [0.3, 0.4) is 0 Å². The minimum absolute atomic E-state index is 0.146. The predicted molar refractivity (Wildman–Crippen MR) is 59.7 cm³/mol. The Balaban J connectivity index is 2.26. The first-order valence-electron chi connectivity index (χ1n) is 5.16. The largest absolute Gasteiger partial charge is 0.480 e. The monoisotopic (exact) mass is 241 g/mol. The third-order valence-corrected chi connectivity index (χ3v) is 2.88. The molecule has 1 aromatic rings. The number of carboxylic acid groups (broad SMARTS) is 1. The maximum absolute atomic E-state index is 11.1. The minimum atomic E-state index is -0.811. The summed E-state index contributed by atoms with van der Waals surface area (Å²) in [5, 5.41) is 9.27. The van der Waals surface area contributed by atoms with Gasteiger partial charge in [0.25, 0.3) is 0 Å². The van der Waals surface area contributed by atoms with E-state index in [2.05, 4.69) is 9.97 Å². The molecule has 0 saturated carbocycles. The summed E-state index contributed by atoms with van der Waals surface area (Å²) < 4.78 is 0. The SMILES string of the molecule is O=C(O)[C@@H]1CCCCN1c1ccnc(Cl)n1. The standard InChI is InChI=1S/C10H12ClN3O2/c11-10-12-5-4-8(13-10)14-6-2-1-3-7(14)9(15)16/h4-5,7H,1-3,6H2,(H,15,16)/t7-/m0/s1. The van der Waals surface area contributed by atoms with Gasteiger partial charge in [0.15, 0.2) is 0 Å². The van der Waals surface area contributed by atoms with Crippen LogP contribution in [0.4, 0.5) is 5.82 Å². The Kier molecular flexibility index (Phi) is 3.24. The molecule has 1 fully saturated rings. The lowest BCUT2D eigenvalue weighted by Gasteiger charge is -2.33. The highest BCUT2D eigenvalue weighted by molar-refractivity contribution is 6.28. The van der Waals surface area contributed by atoms with Crippen molar-refractivity contribution in [1.82, 2.24) is 9.97 Å². The average molecular weight is 242 g/mol. The van der Waals surface area contributed by atoms with Crippen LogP contribution in [0.2, 0.25) is 5.28 Å². The molecule has 0 unspecified atom stereocenters. The van der Waals surface area contributed by atoms with Gasteiger partial charge >= 0.3 is 5.97 Å². The van der Waals surface area contributed by atoms with Crippen molar-refractivity contribution in [2.24, 2.45) is 0 Å². The van der Waals surface area contributed by atoms with Gasteiger partial charge in [-0.05, 0) is 36.9 Å². The molecule has 1 aliphatic rings. The molecule has 1 atom stereocenters. The Morgan fingerprint density at radius 2 is 2.38 bits per heavy atom. The van der Waals surface area contributed by atoms with E-state index in [0.717, 1.165) is 12.8 Å². The minimum Gasteiger partial charge on any atom is -0.480 e. The quantitative estimate of drug-likeness (QED) is 0.797. The van der Waals surface area contributed by atoms with Crippen molar-refractivity contribution in [2.75, 3.05) is 11.4 Å². The second kappa shape index (κ2) is 4.65. The van der Waals surface area contributed by atoms with Gasteiger partial charge in [-0.1, -0.05) is 0 Å². The normalized spacial score (nSPS) is 20.8. The molecule has 1 N–H and O–H groups in total. The molecule has 1 saturated heterocycles. The van der Waals surface area contributed by atoms with Gasteiger partial charge in [0.1, 0.15) is 11.9 Å². The fourth-order valence-corrected chi connectivity index (χ4v) is 2.09. The average Bonchev–Trinajstić information content (AvgIpc) is 2.29. The Morgan fingerprint density at radius 3 is 3.06 bits per heavy atom. The summed E-state index contributed by atoms with van der Waals surface area (Å²) in [4.78, 5) is 20.7. The van der Waals surface area contributed by atoms with Gasteiger partial charge in [-0.2, -0.15) is 0 Å². The number of nitrogens with zero attached hydrogens (tertiary/aromatic N) is 3. The zero-order chi connectivity index (χ0) is 11.5. The predicted octanol–water partition coefficient (Wildman–Crippen LogP) is 1.57. The van der Waals surface area contributed by atoms with E-state index in [-0.39, 0.29) is 5.28 Å². The first-order chi connectivity index (χ1) is 7.68. The third kappa shape index (κ3) is 2.24. The van der Waals surface area contributed by atoms with Crippen molar-refractivity contribution in [1.29, 1.82) is 0 Å². The second-order valence-corrected chi connectivity index (χ2v) is 4.07. The number of piperidine rings is 1. The van der Waals surface area contributed by atoms with Crippen LogP contribution in [0.15, 0.2) is 12.3 Å². The summed E-state index contributed by atoms with van der Waals surface area (Å²) in [6, 6.07) is 1.19. The van der Waals surface area contributed by atoms with Crippen molar-refractivity contribution >= 4 is 23.4 Å². The molecular formula is C10H12ClN3O2. The molecule has 2 heterocycles. The maximum Gasteiger partial charge on any atom is 0.326 e. The Hall–Kier alpha value is -1.36. The molecule has 1 aromatic heterocycles. The van der Waals surface area contributed by atoms with Crippen LogP contribution in [-0.4, -0.2) is 33.6 Å². The van der Waals surface area contributed by atoms with Crippen LogP contribution < -0.4 is 4.90 Å². The van der Waals surface area contributed by atoms with Crippen LogP contribution in [-0.2, 0) is 4.79 Å². The fraction of sp³-hybridized carbons (Fsp3) is 0.500. The second-order valence-electron chi connectivity index (χ2n) is 3.73. The van der Waals surface area contributed by atoms with Crippen molar-refractivity contribution in [3.8, 4) is 0 Å². The third-order valence-electron chi connectivity index (χ3n) is 2.69. The molecule has 6 heteroatoms. The Bertz CT molecular complexity index is 399. The molecule has 5 nitrogen and oxygen atoms in total. The number of aliphatic carboxylic acids is 1. The van der Waals surface area contributed by atoms with E-state index < -0.39 is 12.0 Å². The van der Waals surface area contributed by atoms with E-state index in [1.165, 1.54) is 6.20 Å². The van der Waals surface area contributed by atoms with E-state index in [9.17, 15) is 4.79 Å². The smallest absolute Gasteiger partial charge is 0.326 e. The molecule has 1 aliphatic heterocycles. The molecule has 0 amide bonds. The molecule has 2 rings (SSSR count). The highest BCUT2D eigenvalue weighted by Crippen LogP contribution is 2.23. The van der Waals surface area contributed by atoms with Gasteiger partial charge in [-0.15, -0.1) is 0 Å². The summed E-state index contributed by atoms with van der Waals surface area (Å²) in [6.45, 7) is 0.699. The first-order valence-corrected chi connectivity index (χ1v) is 5.54. The first kappa shape index (κ1) is 11.1. The summed E-state index contributed by atoms with van der Waals surface area (Å²) in [5.74, 6) is -0.221. The Morgan fingerprint density at radius 1 is 1.56 bits per heavy atom. The zero-order valence-electron chi connectivity index (χ0n) is 8.64. The van der Waals surface area contributed by atoms with Crippen molar-refractivity contribution in [3.63, 3.8) is 0 Å². The fourth-order valence-electron chi connectivity index (χ4n) is 1.95. The summed E-state index contributed by atoms with van der Waals surface area (Å²) in [5.41, 5.74) is 0. The molecular weight excluding hydrogens is 230 g/mol. The van der Waals surface area contributed by atoms with Gasteiger partial charge in [0.05, 0.1) is 0 Å². The van der Waals surface area contributed by atoms with Crippen molar-refractivity contribution < 1.29 is 9.90 Å². The van der Waals surface area contributed by atoms with Crippen LogP contribution in [0.5, 0.6) is 0 Å². The number of hydrogen-bond donors (Lipinski definition) is 1. The number of anilines is 1. The van der Waals surface area contributed by atoms with Crippen molar-refractivity contribution in [2.45, 2.75) is 25.3 Å². The lowest BCUT2D eigenvalue weighted by Crippen LogP contribution is -2.45. The maximum atomic E-state index is 11.1. The van der Waals surface area contributed by atoms with E-state index in [0.29, 0.717) is 18.8 Å².